The van der Waals surface area contributed by atoms with Crippen LogP contribution in [-0.2, 0) is 14.3 Å². The van der Waals surface area contributed by atoms with Crippen molar-refractivity contribution in [2.24, 2.45) is 0 Å². The van der Waals surface area contributed by atoms with Gasteiger partial charge in [-0.3, -0.25) is 4.79 Å². The van der Waals surface area contributed by atoms with Crippen LogP contribution < -0.4 is 5.32 Å². The molecule has 9 nitrogen and oxygen atoms in total. The number of amides is 1. The average Bonchev–Trinajstić information content (AvgIpc) is 0.854. The highest BCUT2D eigenvalue weighted by Crippen LogP contribution is 2.24. The number of nitrogens with one attached hydrogen (secondary N) is 1. The number of carbonyl (C=O) groups excluding carboxylic acids is 1. The maximum atomic E-state index is 13.2. The van der Waals surface area contributed by atoms with Gasteiger partial charge in [0, 0.05) is 6.42 Å². The molecule has 1 saturated heterocycles. The molecule has 1 heterocycles. The SMILES string of the molecule is CCCCCCC/C=C\C/C=C\C/C=C\CCCCCCCCCCCCCCCCCCCCCCCCCCCCC(=O)NC(COC1OC(CO)C(O)C(O)C1O)C(O)/C=C/CCCCCCCCCCCCCCCCCCCCCCCCCCCCCCCCC. The molecule has 7 unspecified atom stereocenters. The molecule has 1 fully saturated rings. The summed E-state index contributed by atoms with van der Waals surface area (Å²) in [5.74, 6) is -0.167. The fourth-order valence-electron chi connectivity index (χ4n) is 14.2. The van der Waals surface area contributed by atoms with Crippen LogP contribution >= 0.6 is 0 Å². The lowest BCUT2D eigenvalue weighted by Crippen LogP contribution is -2.60. The van der Waals surface area contributed by atoms with Crippen LogP contribution in [0.25, 0.3) is 0 Å². The number of rotatable bonds is 78. The molecule has 1 amide bonds. The molecule has 9 heteroatoms. The minimum atomic E-state index is -1.57. The lowest BCUT2D eigenvalue weighted by Gasteiger charge is -2.40. The van der Waals surface area contributed by atoms with E-state index in [1.165, 1.54) is 379 Å². The lowest BCUT2D eigenvalue weighted by molar-refractivity contribution is -0.302. The van der Waals surface area contributed by atoms with Gasteiger partial charge in [0.05, 0.1) is 25.4 Å². The largest absolute Gasteiger partial charge is 0.394 e. The number of hydrogen-bond acceptors (Lipinski definition) is 8. The van der Waals surface area contributed by atoms with E-state index in [9.17, 15) is 30.3 Å². The van der Waals surface area contributed by atoms with Gasteiger partial charge in [0.15, 0.2) is 6.29 Å². The molecule has 0 aromatic heterocycles. The van der Waals surface area contributed by atoms with E-state index < -0.39 is 49.5 Å². The molecule has 0 aromatic rings. The van der Waals surface area contributed by atoms with E-state index in [-0.39, 0.29) is 12.5 Å². The van der Waals surface area contributed by atoms with Crippen LogP contribution in [-0.4, -0.2) is 87.5 Å². The maximum Gasteiger partial charge on any atom is 0.220 e. The smallest absolute Gasteiger partial charge is 0.220 e. The number of aliphatic hydroxyl groups excluding tert-OH is 5. The molecule has 0 radical (unpaired) electrons. The Labute approximate surface area is 603 Å². The summed E-state index contributed by atoms with van der Waals surface area (Å²) in [7, 11) is 0. The third-order valence-corrected chi connectivity index (χ3v) is 20.9. The quantitative estimate of drug-likeness (QED) is 0.0261. The summed E-state index contributed by atoms with van der Waals surface area (Å²) in [4.78, 5) is 13.2. The van der Waals surface area contributed by atoms with Gasteiger partial charge < -0.3 is 40.3 Å². The molecule has 1 aliphatic rings. The van der Waals surface area contributed by atoms with Gasteiger partial charge in [-0.05, 0) is 57.8 Å². The van der Waals surface area contributed by atoms with Crippen molar-refractivity contribution >= 4 is 5.91 Å². The number of allylic oxidation sites excluding steroid dienone is 7. The highest BCUT2D eigenvalue weighted by atomic mass is 16.7. The standard InChI is InChI=1S/C88H167NO8/c1-3-5-7-9-11-13-15-17-19-21-23-25-27-29-31-33-35-37-38-39-40-41-42-43-44-46-48-50-52-54-56-58-60-62-64-66-68-70-72-74-76-78-84(92)89-81(80-96-88-87(95)86(94)85(93)83(79-90)97-88)82(91)77-75-73-71-69-67-65-63-61-59-57-55-53-51-49-47-45-36-34-32-30-28-26-24-22-20-18-16-14-12-10-8-6-4-2/h15,17,21,23,27,29,75,77,81-83,85-88,90-91,93-95H,3-14,16,18-20,22,24-26,28,30-74,76,78-80H2,1-2H3,(H,89,92)/b17-15-,23-21-,29-27-,77-75+. The maximum absolute atomic E-state index is 13.2. The third-order valence-electron chi connectivity index (χ3n) is 20.9. The summed E-state index contributed by atoms with van der Waals surface area (Å²) < 4.78 is 11.4. The molecule has 6 N–H and O–H groups in total. The first-order chi connectivity index (χ1) is 47.8. The molecule has 0 aromatic carbocycles. The second kappa shape index (κ2) is 76.8. The van der Waals surface area contributed by atoms with Gasteiger partial charge >= 0.3 is 0 Å². The molecular weight excluding hydrogens is 1200 g/mol. The van der Waals surface area contributed by atoms with Crippen molar-refractivity contribution in [3.8, 4) is 0 Å². The third kappa shape index (κ3) is 64.7. The first kappa shape index (κ1) is 93.2. The molecule has 7 atom stereocenters. The summed E-state index contributed by atoms with van der Waals surface area (Å²) in [6.45, 7) is 3.84. The van der Waals surface area contributed by atoms with E-state index in [4.69, 9.17) is 9.47 Å². The van der Waals surface area contributed by atoms with E-state index >= 15 is 0 Å². The van der Waals surface area contributed by atoms with E-state index in [0.29, 0.717) is 6.42 Å². The normalized spacial score (nSPS) is 17.5. The van der Waals surface area contributed by atoms with Gasteiger partial charge in [0.2, 0.25) is 5.91 Å². The number of aliphatic hydroxyl groups is 5. The lowest BCUT2D eigenvalue weighted by atomic mass is 9.99. The molecule has 1 rings (SSSR count). The van der Waals surface area contributed by atoms with E-state index in [1.54, 1.807) is 6.08 Å². The first-order valence-electron chi connectivity index (χ1n) is 43.4. The van der Waals surface area contributed by atoms with Crippen LogP contribution in [0.15, 0.2) is 48.6 Å². The Morgan fingerprint density at radius 3 is 0.897 bits per heavy atom. The molecule has 0 aliphatic carbocycles. The molecular formula is C88H167NO8. The monoisotopic (exact) mass is 1370 g/mol. The summed E-state index contributed by atoms with van der Waals surface area (Å²) in [5.41, 5.74) is 0. The second-order valence-corrected chi connectivity index (χ2v) is 30.3. The summed E-state index contributed by atoms with van der Waals surface area (Å²) in [5, 5.41) is 55.0. The number of unbranched alkanes of at least 4 members (excludes halogenated alkanes) is 62. The van der Waals surface area contributed by atoms with Gasteiger partial charge in [0.1, 0.15) is 24.4 Å². The van der Waals surface area contributed by atoms with Crippen molar-refractivity contribution in [3.63, 3.8) is 0 Å². The average molecular weight is 1370 g/mol. The van der Waals surface area contributed by atoms with Crippen LogP contribution in [0.5, 0.6) is 0 Å². The zero-order valence-electron chi connectivity index (χ0n) is 64.6. The van der Waals surface area contributed by atoms with Crippen molar-refractivity contribution < 1.29 is 39.8 Å². The molecule has 1 aliphatic heterocycles. The van der Waals surface area contributed by atoms with Gasteiger partial charge in [-0.1, -0.05) is 435 Å². The Bertz CT molecular complexity index is 1680. The topological polar surface area (TPSA) is 149 Å². The predicted octanol–water partition coefficient (Wildman–Crippen LogP) is 25.4. The number of hydrogen-bond donors (Lipinski definition) is 6. The van der Waals surface area contributed by atoms with Crippen molar-refractivity contribution in [1.29, 1.82) is 0 Å². The van der Waals surface area contributed by atoms with Gasteiger partial charge in [0.25, 0.3) is 0 Å². The summed E-state index contributed by atoms with van der Waals surface area (Å²) >= 11 is 0. The Kier molecular flexibility index (Phi) is 73.7. The van der Waals surface area contributed by atoms with Crippen LogP contribution in [0.3, 0.4) is 0 Å². The summed E-state index contributed by atoms with van der Waals surface area (Å²) in [6, 6.07) is -0.806. The van der Waals surface area contributed by atoms with E-state index in [1.807, 2.05) is 6.08 Å². The highest BCUT2D eigenvalue weighted by Gasteiger charge is 2.44. The van der Waals surface area contributed by atoms with Crippen LogP contribution in [0.4, 0.5) is 0 Å². The molecule has 572 valence electrons. The summed E-state index contributed by atoms with van der Waals surface area (Å²) in [6.07, 6.45) is 100. The highest BCUT2D eigenvalue weighted by molar-refractivity contribution is 5.76. The fraction of sp³-hybridized carbons (Fsp3) is 0.898. The zero-order chi connectivity index (χ0) is 69.9. The fourth-order valence-corrected chi connectivity index (χ4v) is 14.2. The Hall–Kier alpha value is -1.85. The van der Waals surface area contributed by atoms with Crippen molar-refractivity contribution in [1.82, 2.24) is 5.32 Å². The van der Waals surface area contributed by atoms with Crippen LogP contribution in [0.2, 0.25) is 0 Å². The van der Waals surface area contributed by atoms with Crippen LogP contribution in [0.1, 0.15) is 450 Å². The minimum Gasteiger partial charge on any atom is -0.394 e. The molecule has 0 bridgehead atoms. The van der Waals surface area contributed by atoms with Crippen molar-refractivity contribution in [3.05, 3.63) is 48.6 Å². The molecule has 0 saturated carbocycles. The second-order valence-electron chi connectivity index (χ2n) is 30.3. The van der Waals surface area contributed by atoms with Gasteiger partial charge in [-0.25, -0.2) is 0 Å². The van der Waals surface area contributed by atoms with E-state index in [0.717, 1.165) is 51.4 Å². The number of carbonyl (C=O) groups is 1. The van der Waals surface area contributed by atoms with Crippen LogP contribution in [0, 0.1) is 0 Å². The minimum absolute atomic E-state index is 0.167. The zero-order valence-corrected chi connectivity index (χ0v) is 64.6. The Morgan fingerprint density at radius 2 is 0.608 bits per heavy atom. The predicted molar refractivity (Wildman–Crippen MR) is 420 cm³/mol. The van der Waals surface area contributed by atoms with Gasteiger partial charge in [-0.2, -0.15) is 0 Å². The van der Waals surface area contributed by atoms with Crippen molar-refractivity contribution in [2.45, 2.75) is 493 Å². The molecule has 0 spiro atoms. The Balaban J connectivity index is 2.03. The number of ether oxygens (including phenoxy) is 2. The van der Waals surface area contributed by atoms with Crippen molar-refractivity contribution in [2.75, 3.05) is 13.2 Å². The van der Waals surface area contributed by atoms with Gasteiger partial charge in [-0.15, -0.1) is 0 Å². The Morgan fingerprint density at radius 1 is 0.351 bits per heavy atom. The molecule has 97 heavy (non-hydrogen) atoms. The first-order valence-corrected chi connectivity index (χ1v) is 43.4. The van der Waals surface area contributed by atoms with E-state index in [2.05, 4.69) is 55.6 Å².